The molecule has 1 saturated heterocycles. The van der Waals surface area contributed by atoms with Gasteiger partial charge in [-0.3, -0.25) is 4.90 Å². The van der Waals surface area contributed by atoms with Crippen molar-refractivity contribution >= 4 is 11.3 Å². The van der Waals surface area contributed by atoms with Gasteiger partial charge in [0, 0.05) is 34.9 Å². The largest absolute Gasteiger partial charge is 0.310 e. The Morgan fingerprint density at radius 3 is 2.83 bits per heavy atom. The van der Waals surface area contributed by atoms with Crippen molar-refractivity contribution < 1.29 is 0 Å². The SMILES string of the molecule is CC(C)NCc1ccc(CN2CCCCC2C)s1. The summed E-state index contributed by atoms with van der Waals surface area (Å²) in [5.74, 6) is 0. The smallest absolute Gasteiger partial charge is 0.0330 e. The summed E-state index contributed by atoms with van der Waals surface area (Å²) in [5.41, 5.74) is 0. The number of hydrogen-bond acceptors (Lipinski definition) is 3. The molecule has 18 heavy (non-hydrogen) atoms. The number of nitrogens with one attached hydrogen (secondary N) is 1. The summed E-state index contributed by atoms with van der Waals surface area (Å²) >= 11 is 1.97. The van der Waals surface area contributed by atoms with Crippen LogP contribution < -0.4 is 5.32 Å². The fourth-order valence-electron chi connectivity index (χ4n) is 2.50. The van der Waals surface area contributed by atoms with Crippen LogP contribution >= 0.6 is 11.3 Å². The third-order valence-electron chi connectivity index (χ3n) is 3.70. The molecule has 0 radical (unpaired) electrons. The van der Waals surface area contributed by atoms with Crippen LogP contribution in [0.1, 0.15) is 49.8 Å². The van der Waals surface area contributed by atoms with Crippen LogP contribution in [0, 0.1) is 0 Å². The summed E-state index contributed by atoms with van der Waals surface area (Å²) in [4.78, 5) is 5.61. The van der Waals surface area contributed by atoms with Crippen molar-refractivity contribution in [2.75, 3.05) is 6.54 Å². The van der Waals surface area contributed by atoms with Crippen LogP contribution in [-0.2, 0) is 13.1 Å². The van der Waals surface area contributed by atoms with Gasteiger partial charge < -0.3 is 5.32 Å². The molecule has 1 unspecified atom stereocenters. The first-order valence-corrected chi connectivity index (χ1v) is 8.02. The molecule has 102 valence electrons. The van der Waals surface area contributed by atoms with Gasteiger partial charge in [-0.05, 0) is 38.4 Å². The standard InChI is InChI=1S/C15H26N2S/c1-12(2)16-10-14-7-8-15(18-14)11-17-9-5-4-6-13(17)3/h7-8,12-13,16H,4-6,9-11H2,1-3H3. The molecule has 0 saturated carbocycles. The van der Waals surface area contributed by atoms with Crippen molar-refractivity contribution in [3.8, 4) is 0 Å². The molecule has 1 N–H and O–H groups in total. The van der Waals surface area contributed by atoms with Crippen molar-refractivity contribution in [3.63, 3.8) is 0 Å². The Balaban J connectivity index is 1.85. The van der Waals surface area contributed by atoms with Crippen LogP contribution in [-0.4, -0.2) is 23.5 Å². The fourth-order valence-corrected chi connectivity index (χ4v) is 3.49. The zero-order chi connectivity index (χ0) is 13.0. The van der Waals surface area contributed by atoms with E-state index in [4.69, 9.17) is 0 Å². The zero-order valence-electron chi connectivity index (χ0n) is 11.9. The summed E-state index contributed by atoms with van der Waals surface area (Å²) in [6.45, 7) is 10.2. The number of thiophene rings is 1. The first kappa shape index (κ1) is 14.0. The molecule has 1 aliphatic heterocycles. The highest BCUT2D eigenvalue weighted by Crippen LogP contribution is 2.23. The second-order valence-electron chi connectivity index (χ2n) is 5.72. The van der Waals surface area contributed by atoms with E-state index in [1.165, 1.54) is 35.6 Å². The predicted molar refractivity (Wildman–Crippen MR) is 80.0 cm³/mol. The monoisotopic (exact) mass is 266 g/mol. The number of hydrogen-bond donors (Lipinski definition) is 1. The quantitative estimate of drug-likeness (QED) is 0.875. The van der Waals surface area contributed by atoms with Gasteiger partial charge >= 0.3 is 0 Å². The molecular weight excluding hydrogens is 240 g/mol. The topological polar surface area (TPSA) is 15.3 Å². The minimum atomic E-state index is 0.567. The molecule has 0 bridgehead atoms. The van der Waals surface area contributed by atoms with Gasteiger partial charge in [0.15, 0.2) is 0 Å². The van der Waals surface area contributed by atoms with E-state index < -0.39 is 0 Å². The molecule has 3 heteroatoms. The Kier molecular flexibility index (Phi) is 5.22. The molecule has 1 aliphatic rings. The first-order valence-electron chi connectivity index (χ1n) is 7.20. The van der Waals surface area contributed by atoms with Crippen LogP contribution in [0.25, 0.3) is 0 Å². The van der Waals surface area contributed by atoms with E-state index in [0.717, 1.165) is 19.1 Å². The van der Waals surface area contributed by atoms with E-state index in [-0.39, 0.29) is 0 Å². The van der Waals surface area contributed by atoms with Gasteiger partial charge in [0.2, 0.25) is 0 Å². The zero-order valence-corrected chi connectivity index (χ0v) is 12.7. The summed E-state index contributed by atoms with van der Waals surface area (Å²) in [5, 5.41) is 3.48. The lowest BCUT2D eigenvalue weighted by atomic mass is 10.0. The maximum absolute atomic E-state index is 3.48. The number of rotatable bonds is 5. The van der Waals surface area contributed by atoms with Gasteiger partial charge in [-0.2, -0.15) is 0 Å². The van der Waals surface area contributed by atoms with Crippen LogP contribution in [0.4, 0.5) is 0 Å². The van der Waals surface area contributed by atoms with Gasteiger partial charge in [0.05, 0.1) is 0 Å². The van der Waals surface area contributed by atoms with E-state index in [2.05, 4.69) is 43.1 Å². The van der Waals surface area contributed by atoms with Crippen LogP contribution in [0.15, 0.2) is 12.1 Å². The van der Waals surface area contributed by atoms with Gasteiger partial charge in [-0.1, -0.05) is 20.3 Å². The molecule has 0 spiro atoms. The Bertz CT molecular complexity index is 359. The highest BCUT2D eigenvalue weighted by atomic mass is 32.1. The molecule has 2 nitrogen and oxygen atoms in total. The van der Waals surface area contributed by atoms with Gasteiger partial charge in [0.25, 0.3) is 0 Å². The van der Waals surface area contributed by atoms with Crippen molar-refractivity contribution in [2.24, 2.45) is 0 Å². The molecule has 0 aliphatic carbocycles. The van der Waals surface area contributed by atoms with E-state index in [1.807, 2.05) is 11.3 Å². The molecule has 1 atom stereocenters. The van der Waals surface area contributed by atoms with Crippen molar-refractivity contribution in [2.45, 2.75) is 65.2 Å². The Labute approximate surface area is 115 Å². The molecule has 2 rings (SSSR count). The predicted octanol–water partition coefficient (Wildman–Crippen LogP) is 3.62. The lowest BCUT2D eigenvalue weighted by Crippen LogP contribution is -2.36. The average Bonchev–Trinajstić information content (AvgIpc) is 2.77. The summed E-state index contributed by atoms with van der Waals surface area (Å²) in [6.07, 6.45) is 4.15. The maximum atomic E-state index is 3.48. The van der Waals surface area contributed by atoms with Crippen molar-refractivity contribution in [1.29, 1.82) is 0 Å². The van der Waals surface area contributed by atoms with E-state index in [1.54, 1.807) is 0 Å². The van der Waals surface area contributed by atoms with Crippen LogP contribution in [0.3, 0.4) is 0 Å². The highest BCUT2D eigenvalue weighted by Gasteiger charge is 2.18. The summed E-state index contributed by atoms with van der Waals surface area (Å²) in [7, 11) is 0. The molecule has 1 fully saturated rings. The van der Waals surface area contributed by atoms with Crippen LogP contribution in [0.5, 0.6) is 0 Å². The minimum absolute atomic E-state index is 0.567. The van der Waals surface area contributed by atoms with Gasteiger partial charge in [0.1, 0.15) is 0 Å². The molecule has 1 aromatic heterocycles. The van der Waals surface area contributed by atoms with E-state index in [0.29, 0.717) is 6.04 Å². The number of likely N-dealkylation sites (tertiary alicyclic amines) is 1. The lowest BCUT2D eigenvalue weighted by Gasteiger charge is -2.32. The highest BCUT2D eigenvalue weighted by molar-refractivity contribution is 7.11. The molecule has 2 heterocycles. The maximum Gasteiger partial charge on any atom is 0.0330 e. The Morgan fingerprint density at radius 1 is 1.33 bits per heavy atom. The third kappa shape index (κ3) is 4.08. The number of piperidine rings is 1. The third-order valence-corrected chi connectivity index (χ3v) is 4.77. The Morgan fingerprint density at radius 2 is 2.11 bits per heavy atom. The second-order valence-corrected chi connectivity index (χ2v) is 6.97. The fraction of sp³-hybridized carbons (Fsp3) is 0.733. The first-order chi connectivity index (χ1) is 8.65. The average molecular weight is 266 g/mol. The molecule has 0 amide bonds. The van der Waals surface area contributed by atoms with Crippen molar-refractivity contribution in [3.05, 3.63) is 21.9 Å². The molecule has 0 aromatic carbocycles. The number of nitrogens with zero attached hydrogens (tertiary/aromatic N) is 1. The van der Waals surface area contributed by atoms with E-state index >= 15 is 0 Å². The van der Waals surface area contributed by atoms with Crippen molar-refractivity contribution in [1.82, 2.24) is 10.2 Å². The molecular formula is C15H26N2S. The van der Waals surface area contributed by atoms with E-state index in [9.17, 15) is 0 Å². The minimum Gasteiger partial charge on any atom is -0.310 e. The van der Waals surface area contributed by atoms with Crippen LogP contribution in [0.2, 0.25) is 0 Å². The summed E-state index contributed by atoms with van der Waals surface area (Å²) in [6, 6.07) is 5.92. The van der Waals surface area contributed by atoms with Gasteiger partial charge in [-0.25, -0.2) is 0 Å². The summed E-state index contributed by atoms with van der Waals surface area (Å²) < 4.78 is 0. The van der Waals surface area contributed by atoms with Gasteiger partial charge in [-0.15, -0.1) is 11.3 Å². The normalized spacial score (nSPS) is 21.7. The Hall–Kier alpha value is -0.380. The lowest BCUT2D eigenvalue weighted by molar-refractivity contribution is 0.154. The second kappa shape index (κ2) is 6.69. The molecule has 1 aromatic rings.